The highest BCUT2D eigenvalue weighted by atomic mass is 32.2. The molecule has 0 radical (unpaired) electrons. The molecule has 0 aliphatic carbocycles. The van der Waals surface area contributed by atoms with Gasteiger partial charge in [0.15, 0.2) is 11.6 Å². The topological polar surface area (TPSA) is 143 Å². The Bertz CT molecular complexity index is 1410. The molecule has 0 spiro atoms. The molecular formula is C22H27N9O2S2. The van der Waals surface area contributed by atoms with Gasteiger partial charge in [-0.2, -0.15) is 32.4 Å². The highest BCUT2D eigenvalue weighted by molar-refractivity contribution is 7.86. The Balaban J connectivity index is 1.21. The van der Waals surface area contributed by atoms with Gasteiger partial charge >= 0.3 is 0 Å². The van der Waals surface area contributed by atoms with Gasteiger partial charge in [-0.1, -0.05) is 0 Å². The van der Waals surface area contributed by atoms with E-state index in [1.807, 2.05) is 26.0 Å². The first kappa shape index (κ1) is 22.7. The molecule has 0 amide bonds. The van der Waals surface area contributed by atoms with Crippen LogP contribution in [0.4, 0.5) is 17.6 Å². The Kier molecular flexibility index (Phi) is 5.44. The van der Waals surface area contributed by atoms with Gasteiger partial charge in [0.1, 0.15) is 0 Å². The predicted octanol–water partition coefficient (Wildman–Crippen LogP) is 2.88. The summed E-state index contributed by atoms with van der Waals surface area (Å²) < 4.78 is 30.5. The molecule has 2 bridgehead atoms. The van der Waals surface area contributed by atoms with E-state index >= 15 is 0 Å². The number of aromatic amines is 1. The summed E-state index contributed by atoms with van der Waals surface area (Å²) in [5, 5.41) is 23.0. The molecule has 35 heavy (non-hydrogen) atoms. The van der Waals surface area contributed by atoms with Crippen molar-refractivity contribution < 1.29 is 8.42 Å². The molecule has 6 rings (SSSR count). The van der Waals surface area contributed by atoms with Gasteiger partial charge in [-0.3, -0.25) is 5.10 Å². The van der Waals surface area contributed by atoms with Crippen LogP contribution in [0.15, 0.2) is 12.1 Å². The Hall–Kier alpha value is -2.79. The van der Waals surface area contributed by atoms with E-state index in [1.54, 1.807) is 15.6 Å². The summed E-state index contributed by atoms with van der Waals surface area (Å²) in [6, 6.07) is 6.12. The molecule has 6 heterocycles. The van der Waals surface area contributed by atoms with Gasteiger partial charge in [-0.05, 0) is 45.6 Å². The first-order valence-corrected chi connectivity index (χ1v) is 14.0. The van der Waals surface area contributed by atoms with Gasteiger partial charge in [0.25, 0.3) is 10.2 Å². The monoisotopic (exact) mass is 513 g/mol. The lowest BCUT2D eigenvalue weighted by atomic mass is 10.00. The average Bonchev–Trinajstić information content (AvgIpc) is 3.42. The number of hydrogen-bond donors (Lipinski definition) is 3. The van der Waals surface area contributed by atoms with Gasteiger partial charge in [0.2, 0.25) is 5.95 Å². The van der Waals surface area contributed by atoms with Crippen molar-refractivity contribution in [3.63, 3.8) is 0 Å². The molecule has 184 valence electrons. The number of aromatic nitrogens is 4. The van der Waals surface area contributed by atoms with Crippen LogP contribution in [-0.4, -0.2) is 68.4 Å². The smallest absolute Gasteiger partial charge is 0.282 e. The Morgan fingerprint density at radius 2 is 1.91 bits per heavy atom. The van der Waals surface area contributed by atoms with E-state index < -0.39 is 10.2 Å². The summed E-state index contributed by atoms with van der Waals surface area (Å²) in [7, 11) is -3.53. The second kappa shape index (κ2) is 8.41. The predicted molar refractivity (Wildman–Crippen MR) is 134 cm³/mol. The third-order valence-corrected chi connectivity index (χ3v) is 10.2. The first-order valence-electron chi connectivity index (χ1n) is 11.8. The van der Waals surface area contributed by atoms with Gasteiger partial charge in [-0.15, -0.1) is 11.3 Å². The van der Waals surface area contributed by atoms with Crippen molar-refractivity contribution in [1.29, 1.82) is 5.26 Å². The molecule has 0 unspecified atom stereocenters. The summed E-state index contributed by atoms with van der Waals surface area (Å²) in [5.41, 5.74) is 1.82. The summed E-state index contributed by atoms with van der Waals surface area (Å²) in [4.78, 5) is 10.7. The van der Waals surface area contributed by atoms with Crippen molar-refractivity contribution in [2.75, 3.05) is 23.7 Å². The number of aryl methyl sites for hydroxylation is 2. The van der Waals surface area contributed by atoms with Crippen LogP contribution < -0.4 is 10.6 Å². The van der Waals surface area contributed by atoms with Crippen molar-refractivity contribution >= 4 is 49.3 Å². The van der Waals surface area contributed by atoms with Crippen LogP contribution in [0.1, 0.15) is 36.3 Å². The Morgan fingerprint density at radius 3 is 2.57 bits per heavy atom. The molecule has 13 heteroatoms. The van der Waals surface area contributed by atoms with Crippen LogP contribution in [0.25, 0.3) is 10.2 Å². The van der Waals surface area contributed by atoms with E-state index in [1.165, 1.54) is 4.31 Å². The number of nitriles is 1. The fourth-order valence-corrected chi connectivity index (χ4v) is 8.49. The zero-order valence-corrected chi connectivity index (χ0v) is 21.2. The third-order valence-electron chi connectivity index (χ3n) is 7.07. The lowest BCUT2D eigenvalue weighted by Gasteiger charge is -2.43. The molecule has 0 aromatic carbocycles. The third kappa shape index (κ3) is 4.04. The number of hydrogen-bond acceptors (Lipinski definition) is 9. The molecule has 3 atom stereocenters. The zero-order chi connectivity index (χ0) is 24.3. The van der Waals surface area contributed by atoms with Crippen molar-refractivity contribution in [2.24, 2.45) is 5.92 Å². The summed E-state index contributed by atoms with van der Waals surface area (Å²) >= 11 is 1.63. The summed E-state index contributed by atoms with van der Waals surface area (Å²) in [5.74, 6) is 1.74. The number of anilines is 3. The fraction of sp³-hybridized carbons (Fsp3) is 0.545. The minimum Gasteiger partial charge on any atom is -0.351 e. The number of nitrogens with zero attached hydrogens (tertiary/aromatic N) is 6. The summed E-state index contributed by atoms with van der Waals surface area (Å²) in [6.07, 6.45) is 3.12. The van der Waals surface area contributed by atoms with Crippen molar-refractivity contribution in [1.82, 2.24) is 28.8 Å². The highest BCUT2D eigenvalue weighted by Crippen LogP contribution is 2.41. The van der Waals surface area contributed by atoms with E-state index in [4.69, 9.17) is 15.2 Å². The maximum Gasteiger partial charge on any atom is 0.282 e. The molecule has 0 saturated carbocycles. The molecule has 3 aromatic heterocycles. The van der Waals surface area contributed by atoms with E-state index in [-0.39, 0.29) is 24.0 Å². The zero-order valence-electron chi connectivity index (χ0n) is 19.5. The molecular weight excluding hydrogens is 486 g/mol. The summed E-state index contributed by atoms with van der Waals surface area (Å²) in [6.45, 7) is 4.60. The first-order chi connectivity index (χ1) is 16.8. The van der Waals surface area contributed by atoms with Crippen LogP contribution in [-0.2, 0) is 10.2 Å². The fourth-order valence-electron chi connectivity index (χ4n) is 5.45. The van der Waals surface area contributed by atoms with Crippen LogP contribution in [0.5, 0.6) is 0 Å². The molecule has 3 aromatic rings. The number of H-pyrrole nitrogens is 1. The van der Waals surface area contributed by atoms with Crippen LogP contribution >= 0.6 is 11.3 Å². The maximum absolute atomic E-state index is 13.2. The van der Waals surface area contributed by atoms with E-state index in [9.17, 15) is 8.42 Å². The molecule has 11 nitrogen and oxygen atoms in total. The number of thiophene rings is 1. The van der Waals surface area contributed by atoms with Gasteiger partial charge in [0, 0.05) is 47.9 Å². The van der Waals surface area contributed by atoms with E-state index in [0.717, 1.165) is 33.6 Å². The van der Waals surface area contributed by atoms with E-state index in [0.29, 0.717) is 43.5 Å². The Labute approximate surface area is 207 Å². The molecule has 3 aliphatic rings. The van der Waals surface area contributed by atoms with Crippen molar-refractivity contribution in [2.45, 2.75) is 57.7 Å². The SMILES string of the molecule is Cc1cc(Nc2nc(N[C@@H]3C[C@H]4CC[C@@H](C3)N4S(=O)(=O)N3CC(C#N)C3)nc3cc(C)sc23)n[nH]1. The minimum absolute atomic E-state index is 0.0471. The standard InChI is InChI=1S/C22H27N9O2S2/c1-12-5-19(29-28-12)26-21-20-18(6-13(2)34-20)25-22(27-21)24-15-7-16-3-4-17(8-15)31(16)35(32,33)30-10-14(9-23)11-30/h5-6,14-17H,3-4,7-8,10-11H2,1-2H3,(H3,24,25,26,27,28,29)/t15-,16-,17+. The van der Waals surface area contributed by atoms with Gasteiger partial charge in [-0.25, -0.2) is 4.98 Å². The highest BCUT2D eigenvalue weighted by Gasteiger charge is 2.51. The minimum atomic E-state index is -3.53. The average molecular weight is 514 g/mol. The van der Waals surface area contributed by atoms with Crippen molar-refractivity contribution in [3.8, 4) is 6.07 Å². The molecule has 3 saturated heterocycles. The van der Waals surface area contributed by atoms with E-state index in [2.05, 4.69) is 26.9 Å². The second-order valence-corrected chi connectivity index (χ2v) is 12.8. The molecule has 3 fully saturated rings. The van der Waals surface area contributed by atoms with Crippen LogP contribution in [0.2, 0.25) is 0 Å². The largest absolute Gasteiger partial charge is 0.351 e. The number of nitrogens with one attached hydrogen (secondary N) is 3. The van der Waals surface area contributed by atoms with Crippen LogP contribution in [0.3, 0.4) is 0 Å². The number of rotatable bonds is 6. The number of fused-ring (bicyclic) bond motifs is 3. The lowest BCUT2D eigenvalue weighted by molar-refractivity contribution is 0.182. The van der Waals surface area contributed by atoms with Gasteiger partial charge in [0.05, 0.1) is 22.2 Å². The lowest BCUT2D eigenvalue weighted by Crippen LogP contribution is -2.59. The maximum atomic E-state index is 13.2. The van der Waals surface area contributed by atoms with Gasteiger partial charge < -0.3 is 10.6 Å². The van der Waals surface area contributed by atoms with Crippen LogP contribution in [0, 0.1) is 31.1 Å². The molecule has 3 N–H and O–H groups in total. The Morgan fingerprint density at radius 1 is 1.17 bits per heavy atom. The normalized spacial score (nSPS) is 25.5. The quantitative estimate of drug-likeness (QED) is 0.457. The van der Waals surface area contributed by atoms with Crippen molar-refractivity contribution in [3.05, 3.63) is 22.7 Å². The number of piperidine rings is 1. The second-order valence-electron chi connectivity index (χ2n) is 9.71. The molecule has 3 aliphatic heterocycles.